The summed E-state index contributed by atoms with van der Waals surface area (Å²) >= 11 is 6.74. The zero-order chi connectivity index (χ0) is 15.0. The molecule has 4 atom stereocenters. The number of hydrogen-bond donors (Lipinski definition) is 3. The standard InChI is InChI=1S/C12H16N4O3S2/c1-2-21-9-8(18)6(3-17)19-12(9)16-5-15-7-10(16)13-4-14-11(7)20/h4-6,8-9,12,17-18H,2-3H2,1H3,(H,13,14,20)/t6-,8+,9-,12-/m0/s1. The average molecular weight is 328 g/mol. The van der Waals surface area contributed by atoms with Gasteiger partial charge in [0.2, 0.25) is 0 Å². The van der Waals surface area contributed by atoms with Gasteiger partial charge >= 0.3 is 0 Å². The number of nitrogens with zero attached hydrogens (tertiary/aromatic N) is 3. The molecule has 3 heterocycles. The average Bonchev–Trinajstić information content (AvgIpc) is 3.03. The van der Waals surface area contributed by atoms with Gasteiger partial charge in [-0.2, -0.15) is 11.8 Å². The summed E-state index contributed by atoms with van der Waals surface area (Å²) in [5.74, 6) is 0.837. The van der Waals surface area contributed by atoms with Gasteiger partial charge in [0.15, 0.2) is 10.9 Å². The highest BCUT2D eigenvalue weighted by molar-refractivity contribution is 7.99. The Morgan fingerprint density at radius 3 is 3.05 bits per heavy atom. The second kappa shape index (κ2) is 6.01. The molecule has 1 aliphatic heterocycles. The van der Waals surface area contributed by atoms with Crippen LogP contribution >= 0.6 is 24.0 Å². The Morgan fingerprint density at radius 1 is 1.52 bits per heavy atom. The lowest BCUT2D eigenvalue weighted by molar-refractivity contribution is -0.0430. The summed E-state index contributed by atoms with van der Waals surface area (Å²) < 4.78 is 8.03. The third-order valence-electron chi connectivity index (χ3n) is 3.51. The summed E-state index contributed by atoms with van der Waals surface area (Å²) in [6.45, 7) is 1.80. The number of H-pyrrole nitrogens is 1. The molecule has 2 aromatic rings. The SMILES string of the molecule is CCS[C@H]1[C@H](O)[C@H](CO)O[C@@H]1n1cnc2c(=S)nc[nH]c21. The third kappa shape index (κ3) is 2.49. The normalized spacial score (nSPS) is 29.3. The van der Waals surface area contributed by atoms with Gasteiger partial charge in [-0.3, -0.25) is 4.57 Å². The molecule has 1 saturated heterocycles. The van der Waals surface area contributed by atoms with Crippen LogP contribution in [-0.2, 0) is 4.74 Å². The van der Waals surface area contributed by atoms with Crippen LogP contribution in [0.5, 0.6) is 0 Å². The zero-order valence-corrected chi connectivity index (χ0v) is 13.0. The van der Waals surface area contributed by atoms with E-state index in [1.165, 1.54) is 6.33 Å². The number of aromatic nitrogens is 4. The van der Waals surface area contributed by atoms with Gasteiger partial charge in [-0.15, -0.1) is 0 Å². The number of aliphatic hydroxyl groups excluding tert-OH is 2. The van der Waals surface area contributed by atoms with Gasteiger partial charge in [-0.25, -0.2) is 9.97 Å². The molecular formula is C12H16N4O3S2. The molecule has 0 amide bonds. The van der Waals surface area contributed by atoms with Gasteiger partial charge in [0, 0.05) is 0 Å². The van der Waals surface area contributed by atoms with Crippen LogP contribution in [0.4, 0.5) is 0 Å². The van der Waals surface area contributed by atoms with Crippen molar-refractivity contribution >= 4 is 35.1 Å². The summed E-state index contributed by atoms with van der Waals surface area (Å²) in [6, 6.07) is 0. The predicted octanol–water partition coefficient (Wildman–Crippen LogP) is 0.861. The van der Waals surface area contributed by atoms with E-state index in [1.54, 1.807) is 22.7 Å². The van der Waals surface area contributed by atoms with Gasteiger partial charge in [0.05, 0.1) is 30.6 Å². The fourth-order valence-electron chi connectivity index (χ4n) is 2.53. The number of imidazole rings is 1. The topological polar surface area (TPSA) is 96.2 Å². The Kier molecular flexibility index (Phi) is 4.27. The minimum Gasteiger partial charge on any atom is -0.394 e. The molecule has 0 bridgehead atoms. The van der Waals surface area contributed by atoms with Crippen LogP contribution in [0.1, 0.15) is 13.2 Å². The van der Waals surface area contributed by atoms with E-state index in [9.17, 15) is 10.2 Å². The molecular weight excluding hydrogens is 312 g/mol. The number of rotatable bonds is 4. The molecule has 1 aliphatic rings. The van der Waals surface area contributed by atoms with E-state index < -0.39 is 18.4 Å². The fourth-order valence-corrected chi connectivity index (χ4v) is 3.85. The molecule has 7 nitrogen and oxygen atoms in total. The highest BCUT2D eigenvalue weighted by Crippen LogP contribution is 2.38. The van der Waals surface area contributed by atoms with Crippen molar-refractivity contribution in [3.05, 3.63) is 17.3 Å². The van der Waals surface area contributed by atoms with Crippen LogP contribution in [0.2, 0.25) is 0 Å². The summed E-state index contributed by atoms with van der Waals surface area (Å²) in [6.07, 6.45) is 1.40. The van der Waals surface area contributed by atoms with E-state index in [0.717, 1.165) is 5.75 Å². The molecule has 0 unspecified atom stereocenters. The first kappa shape index (κ1) is 14.9. The van der Waals surface area contributed by atoms with Crippen molar-refractivity contribution in [1.29, 1.82) is 0 Å². The minimum atomic E-state index is -0.729. The predicted molar refractivity (Wildman–Crippen MR) is 81.6 cm³/mol. The number of thioether (sulfide) groups is 1. The van der Waals surface area contributed by atoms with Crippen molar-refractivity contribution in [2.24, 2.45) is 0 Å². The number of hydrogen-bond acceptors (Lipinski definition) is 7. The smallest absolute Gasteiger partial charge is 0.157 e. The minimum absolute atomic E-state index is 0.181. The van der Waals surface area contributed by atoms with Gasteiger partial charge in [-0.05, 0) is 5.75 Å². The molecule has 1 fully saturated rings. The summed E-state index contributed by atoms with van der Waals surface area (Å²) in [5, 5.41) is 19.5. The van der Waals surface area contributed by atoms with Gasteiger partial charge in [0.25, 0.3) is 0 Å². The summed E-state index contributed by atoms with van der Waals surface area (Å²) in [4.78, 5) is 11.3. The van der Waals surface area contributed by atoms with Crippen LogP contribution in [0.15, 0.2) is 12.7 Å². The highest BCUT2D eigenvalue weighted by atomic mass is 32.2. The van der Waals surface area contributed by atoms with Gasteiger partial charge < -0.3 is 19.9 Å². The van der Waals surface area contributed by atoms with Crippen molar-refractivity contribution < 1.29 is 14.9 Å². The largest absolute Gasteiger partial charge is 0.394 e. The second-order valence-corrected chi connectivity index (χ2v) is 6.56. The quantitative estimate of drug-likeness (QED) is 0.716. The van der Waals surface area contributed by atoms with Crippen LogP contribution in [0.25, 0.3) is 11.2 Å². The number of aromatic amines is 1. The first-order valence-electron chi connectivity index (χ1n) is 6.63. The van der Waals surface area contributed by atoms with E-state index in [2.05, 4.69) is 15.0 Å². The van der Waals surface area contributed by atoms with Crippen molar-refractivity contribution in [1.82, 2.24) is 19.5 Å². The molecule has 114 valence electrons. The van der Waals surface area contributed by atoms with E-state index in [1.807, 2.05) is 6.92 Å². The molecule has 3 rings (SSSR count). The van der Waals surface area contributed by atoms with E-state index in [0.29, 0.717) is 15.8 Å². The molecule has 21 heavy (non-hydrogen) atoms. The molecule has 2 aromatic heterocycles. The van der Waals surface area contributed by atoms with Crippen LogP contribution < -0.4 is 0 Å². The lowest BCUT2D eigenvalue weighted by Crippen LogP contribution is -2.31. The maximum absolute atomic E-state index is 10.3. The maximum atomic E-state index is 10.3. The lowest BCUT2D eigenvalue weighted by Gasteiger charge is -2.20. The van der Waals surface area contributed by atoms with Crippen molar-refractivity contribution in [2.75, 3.05) is 12.4 Å². The number of aliphatic hydroxyl groups is 2. The van der Waals surface area contributed by atoms with Gasteiger partial charge in [-0.1, -0.05) is 19.1 Å². The first-order valence-corrected chi connectivity index (χ1v) is 8.09. The van der Waals surface area contributed by atoms with Crippen LogP contribution in [0.3, 0.4) is 0 Å². The van der Waals surface area contributed by atoms with E-state index >= 15 is 0 Å². The van der Waals surface area contributed by atoms with Gasteiger partial charge in [0.1, 0.15) is 17.3 Å². The Balaban J connectivity index is 2.04. The zero-order valence-electron chi connectivity index (χ0n) is 11.3. The monoisotopic (exact) mass is 328 g/mol. The second-order valence-electron chi connectivity index (χ2n) is 4.71. The molecule has 3 N–H and O–H groups in total. The molecule has 0 spiro atoms. The Hall–Kier alpha value is -1.00. The lowest BCUT2D eigenvalue weighted by atomic mass is 10.2. The van der Waals surface area contributed by atoms with Crippen LogP contribution in [0, 0.1) is 4.64 Å². The summed E-state index contributed by atoms with van der Waals surface area (Å²) in [7, 11) is 0. The van der Waals surface area contributed by atoms with Crippen LogP contribution in [-0.4, -0.2) is 59.5 Å². The van der Waals surface area contributed by atoms with E-state index in [-0.39, 0.29) is 11.9 Å². The molecule has 0 radical (unpaired) electrons. The number of ether oxygens (including phenoxy) is 1. The molecule has 0 aromatic carbocycles. The van der Waals surface area contributed by atoms with Crippen molar-refractivity contribution in [2.45, 2.75) is 30.6 Å². The van der Waals surface area contributed by atoms with Crippen molar-refractivity contribution in [3.63, 3.8) is 0 Å². The summed E-state index contributed by atoms with van der Waals surface area (Å²) in [5.41, 5.74) is 1.30. The number of nitrogens with one attached hydrogen (secondary N) is 1. The molecule has 0 aliphatic carbocycles. The number of fused-ring (bicyclic) bond motifs is 1. The fraction of sp³-hybridized carbons (Fsp3) is 0.583. The maximum Gasteiger partial charge on any atom is 0.157 e. The Labute approximate surface area is 130 Å². The molecule has 9 heteroatoms. The third-order valence-corrected chi connectivity index (χ3v) is 5.03. The van der Waals surface area contributed by atoms with E-state index in [4.69, 9.17) is 17.0 Å². The van der Waals surface area contributed by atoms with Crippen molar-refractivity contribution in [3.8, 4) is 0 Å². The first-order chi connectivity index (χ1) is 10.2. The Bertz CT molecular complexity index is 688. The molecule has 0 saturated carbocycles. The Morgan fingerprint density at radius 2 is 2.33 bits per heavy atom. The highest BCUT2D eigenvalue weighted by Gasteiger charge is 2.44.